The van der Waals surface area contributed by atoms with Crippen LogP contribution in [0.15, 0.2) is 22.7 Å². The first-order chi connectivity index (χ1) is 9.13. The molecule has 0 saturated heterocycles. The molecule has 1 atom stereocenters. The van der Waals surface area contributed by atoms with Crippen LogP contribution in [0.1, 0.15) is 12.8 Å². The fourth-order valence-corrected chi connectivity index (χ4v) is 1.64. The number of methoxy groups -OCH3 is 1. The summed E-state index contributed by atoms with van der Waals surface area (Å²) < 4.78 is 23.4. The standard InChI is InChI=1S/C13H16FN3O2/c1-8(7-15)5-12-16-13(17-19-12)9-3-4-10(14)11(6-9)18-2/h3-4,6,8H,5,7,15H2,1-2H3. The molecule has 1 aromatic heterocycles. The van der Waals surface area contributed by atoms with E-state index in [1.54, 1.807) is 6.07 Å². The Morgan fingerprint density at radius 2 is 2.26 bits per heavy atom. The van der Waals surface area contributed by atoms with E-state index in [1.165, 1.54) is 19.2 Å². The highest BCUT2D eigenvalue weighted by atomic mass is 19.1. The zero-order valence-corrected chi connectivity index (χ0v) is 10.9. The Bertz CT molecular complexity index is 557. The lowest BCUT2D eigenvalue weighted by Crippen LogP contribution is -2.13. The molecule has 19 heavy (non-hydrogen) atoms. The van der Waals surface area contributed by atoms with E-state index in [2.05, 4.69) is 10.1 Å². The van der Waals surface area contributed by atoms with Crippen molar-refractivity contribution >= 4 is 0 Å². The Kier molecular flexibility index (Phi) is 4.11. The Morgan fingerprint density at radius 1 is 1.47 bits per heavy atom. The van der Waals surface area contributed by atoms with E-state index in [0.717, 1.165) is 0 Å². The largest absolute Gasteiger partial charge is 0.494 e. The highest BCUT2D eigenvalue weighted by Crippen LogP contribution is 2.24. The zero-order chi connectivity index (χ0) is 13.8. The summed E-state index contributed by atoms with van der Waals surface area (Å²) in [6, 6.07) is 4.43. The molecule has 0 aliphatic carbocycles. The second-order valence-electron chi connectivity index (χ2n) is 4.41. The summed E-state index contributed by atoms with van der Waals surface area (Å²) >= 11 is 0. The number of nitrogens with zero attached hydrogens (tertiary/aromatic N) is 2. The van der Waals surface area contributed by atoms with E-state index in [-0.39, 0.29) is 11.7 Å². The van der Waals surface area contributed by atoms with Crippen molar-refractivity contribution < 1.29 is 13.7 Å². The van der Waals surface area contributed by atoms with Crippen LogP contribution in [0.3, 0.4) is 0 Å². The number of hydrogen-bond acceptors (Lipinski definition) is 5. The summed E-state index contributed by atoms with van der Waals surface area (Å²) in [5.74, 6) is 0.940. The summed E-state index contributed by atoms with van der Waals surface area (Å²) in [4.78, 5) is 4.26. The first-order valence-corrected chi connectivity index (χ1v) is 6.00. The zero-order valence-electron chi connectivity index (χ0n) is 10.9. The lowest BCUT2D eigenvalue weighted by Gasteiger charge is -2.03. The quantitative estimate of drug-likeness (QED) is 0.895. The number of benzene rings is 1. The van der Waals surface area contributed by atoms with Gasteiger partial charge in [0.25, 0.3) is 0 Å². The van der Waals surface area contributed by atoms with E-state index in [4.69, 9.17) is 15.0 Å². The van der Waals surface area contributed by atoms with Crippen molar-refractivity contribution in [2.75, 3.05) is 13.7 Å². The summed E-state index contributed by atoms with van der Waals surface area (Å²) in [7, 11) is 1.41. The van der Waals surface area contributed by atoms with Crippen molar-refractivity contribution in [3.8, 4) is 17.1 Å². The van der Waals surface area contributed by atoms with Gasteiger partial charge in [-0.25, -0.2) is 4.39 Å². The van der Waals surface area contributed by atoms with Gasteiger partial charge in [-0.05, 0) is 30.7 Å². The highest BCUT2D eigenvalue weighted by Gasteiger charge is 2.13. The van der Waals surface area contributed by atoms with Crippen LogP contribution in [0.25, 0.3) is 11.4 Å². The molecule has 0 aliphatic rings. The monoisotopic (exact) mass is 265 g/mol. The van der Waals surface area contributed by atoms with E-state index in [9.17, 15) is 4.39 Å². The topological polar surface area (TPSA) is 74.2 Å². The third-order valence-corrected chi connectivity index (χ3v) is 2.80. The summed E-state index contributed by atoms with van der Waals surface area (Å²) in [5, 5.41) is 3.87. The van der Waals surface area contributed by atoms with Gasteiger partial charge in [-0.3, -0.25) is 0 Å². The molecule has 0 radical (unpaired) electrons. The molecule has 2 rings (SSSR count). The van der Waals surface area contributed by atoms with Crippen molar-refractivity contribution in [3.05, 3.63) is 29.9 Å². The maximum absolute atomic E-state index is 13.3. The van der Waals surface area contributed by atoms with Gasteiger partial charge in [0.15, 0.2) is 11.6 Å². The Hall–Kier alpha value is -1.95. The minimum Gasteiger partial charge on any atom is -0.494 e. The predicted molar refractivity (Wildman–Crippen MR) is 68.2 cm³/mol. The molecule has 0 spiro atoms. The number of rotatable bonds is 5. The van der Waals surface area contributed by atoms with Crippen molar-refractivity contribution in [1.29, 1.82) is 0 Å². The summed E-state index contributed by atoms with van der Waals surface area (Å²) in [6.07, 6.45) is 0.627. The van der Waals surface area contributed by atoms with Gasteiger partial charge in [0.1, 0.15) is 0 Å². The maximum atomic E-state index is 13.3. The molecule has 2 aromatic rings. The number of nitrogens with two attached hydrogens (primary N) is 1. The summed E-state index contributed by atoms with van der Waals surface area (Å²) in [5.41, 5.74) is 6.19. The molecule has 6 heteroatoms. The van der Waals surface area contributed by atoms with Crippen LogP contribution in [-0.4, -0.2) is 23.8 Å². The summed E-state index contributed by atoms with van der Waals surface area (Å²) in [6.45, 7) is 2.56. The average Bonchev–Trinajstić information content (AvgIpc) is 2.87. The molecule has 1 unspecified atom stereocenters. The molecule has 0 aliphatic heterocycles. The normalized spacial score (nSPS) is 12.4. The Labute approximate surface area is 110 Å². The van der Waals surface area contributed by atoms with Gasteiger partial charge in [-0.1, -0.05) is 12.1 Å². The van der Waals surface area contributed by atoms with Gasteiger partial charge in [-0.2, -0.15) is 4.98 Å². The van der Waals surface area contributed by atoms with Crippen LogP contribution in [0.5, 0.6) is 5.75 Å². The average molecular weight is 265 g/mol. The molecule has 0 saturated carbocycles. The first kappa shape index (κ1) is 13.5. The number of aromatic nitrogens is 2. The van der Waals surface area contributed by atoms with Gasteiger partial charge < -0.3 is 15.0 Å². The molecule has 1 heterocycles. The molecule has 2 N–H and O–H groups in total. The molecule has 1 aromatic carbocycles. The maximum Gasteiger partial charge on any atom is 0.227 e. The van der Waals surface area contributed by atoms with Gasteiger partial charge in [0, 0.05) is 12.0 Å². The molecule has 0 fully saturated rings. The predicted octanol–water partition coefficient (Wildman–Crippen LogP) is 2.02. The minimum absolute atomic E-state index is 0.152. The van der Waals surface area contributed by atoms with Crippen LogP contribution in [-0.2, 0) is 6.42 Å². The molecular formula is C13H16FN3O2. The van der Waals surface area contributed by atoms with Gasteiger partial charge in [-0.15, -0.1) is 0 Å². The highest BCUT2D eigenvalue weighted by molar-refractivity contribution is 5.57. The third kappa shape index (κ3) is 3.08. The smallest absolute Gasteiger partial charge is 0.227 e. The van der Waals surface area contributed by atoms with Crippen LogP contribution in [0.4, 0.5) is 4.39 Å². The Morgan fingerprint density at radius 3 is 2.95 bits per heavy atom. The number of ether oxygens (including phenoxy) is 1. The van der Waals surface area contributed by atoms with Crippen molar-refractivity contribution in [1.82, 2.24) is 10.1 Å². The second kappa shape index (κ2) is 5.79. The minimum atomic E-state index is -0.424. The molecule has 0 bridgehead atoms. The van der Waals surface area contributed by atoms with Gasteiger partial charge >= 0.3 is 0 Å². The van der Waals surface area contributed by atoms with Crippen LogP contribution < -0.4 is 10.5 Å². The van der Waals surface area contributed by atoms with Gasteiger partial charge in [0.05, 0.1) is 7.11 Å². The van der Waals surface area contributed by atoms with E-state index < -0.39 is 5.82 Å². The second-order valence-corrected chi connectivity index (χ2v) is 4.41. The van der Waals surface area contributed by atoms with Gasteiger partial charge in [0.2, 0.25) is 11.7 Å². The molecule has 0 amide bonds. The fourth-order valence-electron chi connectivity index (χ4n) is 1.64. The molecular weight excluding hydrogens is 249 g/mol. The lowest BCUT2D eigenvalue weighted by molar-refractivity contribution is 0.359. The third-order valence-electron chi connectivity index (χ3n) is 2.80. The number of hydrogen-bond donors (Lipinski definition) is 1. The SMILES string of the molecule is COc1cc(-c2noc(CC(C)CN)n2)ccc1F. The van der Waals surface area contributed by atoms with Crippen LogP contribution in [0, 0.1) is 11.7 Å². The van der Waals surface area contributed by atoms with Crippen molar-refractivity contribution in [3.63, 3.8) is 0 Å². The lowest BCUT2D eigenvalue weighted by atomic mass is 10.1. The van der Waals surface area contributed by atoms with Crippen LogP contribution >= 0.6 is 0 Å². The molecule has 5 nitrogen and oxygen atoms in total. The van der Waals surface area contributed by atoms with Crippen LogP contribution in [0.2, 0.25) is 0 Å². The fraction of sp³-hybridized carbons (Fsp3) is 0.385. The number of halogens is 1. The van der Waals surface area contributed by atoms with Crippen molar-refractivity contribution in [2.45, 2.75) is 13.3 Å². The van der Waals surface area contributed by atoms with E-state index >= 15 is 0 Å². The van der Waals surface area contributed by atoms with E-state index in [1.807, 2.05) is 6.92 Å². The first-order valence-electron chi connectivity index (χ1n) is 6.00. The molecule has 102 valence electrons. The van der Waals surface area contributed by atoms with Crippen molar-refractivity contribution in [2.24, 2.45) is 11.7 Å². The van der Waals surface area contributed by atoms with E-state index in [0.29, 0.717) is 30.2 Å². The Balaban J connectivity index is 2.22.